The Balaban J connectivity index is 1.44. The average Bonchev–Trinajstić information content (AvgIpc) is 3.42. The van der Waals surface area contributed by atoms with Crippen LogP contribution in [0.5, 0.6) is 0 Å². The molecule has 0 saturated carbocycles. The van der Waals surface area contributed by atoms with Crippen molar-refractivity contribution in [2.75, 3.05) is 24.3 Å². The van der Waals surface area contributed by atoms with E-state index in [0.717, 1.165) is 5.56 Å². The summed E-state index contributed by atoms with van der Waals surface area (Å²) in [5, 5.41) is 8.96. The van der Waals surface area contributed by atoms with Gasteiger partial charge in [0.2, 0.25) is 5.91 Å². The van der Waals surface area contributed by atoms with Gasteiger partial charge in [0.05, 0.1) is 47.5 Å². The van der Waals surface area contributed by atoms with Crippen molar-refractivity contribution in [2.24, 2.45) is 5.92 Å². The fraction of sp³-hybridized carbons (Fsp3) is 0.357. The predicted molar refractivity (Wildman–Crippen MR) is 150 cm³/mol. The number of rotatable bonds is 5. The van der Waals surface area contributed by atoms with Gasteiger partial charge in [-0.25, -0.2) is 14.2 Å². The highest BCUT2D eigenvalue weighted by atomic mass is 35.5. The molecule has 0 aliphatic carbocycles. The second kappa shape index (κ2) is 11.5. The molecule has 0 unspecified atom stereocenters. The normalized spacial score (nSPS) is 21.3. The van der Waals surface area contributed by atoms with Gasteiger partial charge in [-0.15, -0.1) is 0 Å². The molecule has 2 aliphatic rings. The summed E-state index contributed by atoms with van der Waals surface area (Å²) in [5.41, 5.74) is 2.87. The number of pyridine rings is 1. The topological polar surface area (TPSA) is 124 Å². The summed E-state index contributed by atoms with van der Waals surface area (Å²) in [4.78, 5) is 40.3. The number of carbonyl (C=O) groups is 2. The first-order chi connectivity index (χ1) is 19.2. The number of imidazole rings is 1. The minimum absolute atomic E-state index is 0.0333. The van der Waals surface area contributed by atoms with E-state index in [1.165, 1.54) is 19.4 Å². The molecule has 40 heavy (non-hydrogen) atoms. The molecule has 3 aromatic rings. The lowest BCUT2D eigenvalue weighted by Gasteiger charge is -2.37. The Morgan fingerprint density at radius 3 is 2.83 bits per heavy atom. The summed E-state index contributed by atoms with van der Waals surface area (Å²) in [7, 11) is 1.52. The number of halogens is 2. The molecule has 2 aliphatic heterocycles. The van der Waals surface area contributed by atoms with Crippen LogP contribution in [0.15, 0.2) is 49.1 Å². The first kappa shape index (κ1) is 27.4. The van der Waals surface area contributed by atoms with Crippen molar-refractivity contribution in [3.63, 3.8) is 0 Å². The van der Waals surface area contributed by atoms with E-state index in [1.54, 1.807) is 11.1 Å². The van der Waals surface area contributed by atoms with Crippen LogP contribution in [0.2, 0.25) is 5.02 Å². The minimum Gasteiger partial charge on any atom is -0.483 e. The Morgan fingerprint density at radius 2 is 2.05 bits per heavy atom. The van der Waals surface area contributed by atoms with Gasteiger partial charge in [0.25, 0.3) is 0 Å². The van der Waals surface area contributed by atoms with E-state index < -0.39 is 11.9 Å². The minimum atomic E-state index is -0.625. The van der Waals surface area contributed by atoms with Gasteiger partial charge in [0.1, 0.15) is 5.82 Å². The molecule has 5 rings (SSSR count). The standard InChI is InChI=1S/C28H31ClFN7O3/c1-15-5-4-6-23(37-12-10-20(36-28(37)39)25-24(30)19(29)9-11-31-25)26-32-14-22(34-26)18-8-7-17(33-16(2)40-3)13-21(18)35-27(15)38/h7-9,11,13-15,20,23,33H,2,4-6,10,12H2,1,3H3,(H,32,34)(H,35,38)(H,36,39)/t15-,20+,23+/m1/s1. The van der Waals surface area contributed by atoms with E-state index in [0.29, 0.717) is 61.0 Å². The molecule has 1 aromatic carbocycles. The summed E-state index contributed by atoms with van der Waals surface area (Å²) < 4.78 is 19.7. The van der Waals surface area contributed by atoms with Crippen molar-refractivity contribution in [2.45, 2.75) is 44.7 Å². The lowest BCUT2D eigenvalue weighted by molar-refractivity contribution is -0.119. The molecule has 0 radical (unpaired) electrons. The van der Waals surface area contributed by atoms with Crippen molar-refractivity contribution >= 4 is 34.9 Å². The summed E-state index contributed by atoms with van der Waals surface area (Å²) in [6.07, 6.45) is 5.49. The highest BCUT2D eigenvalue weighted by Crippen LogP contribution is 2.36. The fourth-order valence-electron chi connectivity index (χ4n) is 5.11. The monoisotopic (exact) mass is 567 g/mol. The smallest absolute Gasteiger partial charge is 0.318 e. The largest absolute Gasteiger partial charge is 0.483 e. The van der Waals surface area contributed by atoms with Crippen molar-refractivity contribution < 1.29 is 18.7 Å². The Kier molecular flexibility index (Phi) is 7.92. The number of nitrogens with one attached hydrogen (secondary N) is 4. The second-order valence-corrected chi connectivity index (χ2v) is 10.4. The Morgan fingerprint density at radius 1 is 1.23 bits per heavy atom. The zero-order valence-corrected chi connectivity index (χ0v) is 23.0. The van der Waals surface area contributed by atoms with Gasteiger partial charge in [-0.3, -0.25) is 9.78 Å². The molecule has 1 fully saturated rings. The summed E-state index contributed by atoms with van der Waals surface area (Å²) >= 11 is 5.94. The molecular weight excluding hydrogens is 537 g/mol. The van der Waals surface area contributed by atoms with Crippen LogP contribution in [-0.4, -0.2) is 45.4 Å². The zero-order valence-electron chi connectivity index (χ0n) is 22.3. The molecule has 3 amide bonds. The number of carbonyl (C=O) groups excluding carboxylic acids is 2. The molecule has 4 heterocycles. The van der Waals surface area contributed by atoms with E-state index in [2.05, 4.69) is 37.5 Å². The van der Waals surface area contributed by atoms with Crippen LogP contribution >= 0.6 is 11.6 Å². The number of urea groups is 1. The van der Waals surface area contributed by atoms with Crippen molar-refractivity contribution in [3.8, 4) is 11.3 Å². The maximum Gasteiger partial charge on any atom is 0.318 e. The molecule has 2 bridgehead atoms. The van der Waals surface area contributed by atoms with Gasteiger partial charge in [-0.1, -0.05) is 24.9 Å². The molecule has 210 valence electrons. The molecule has 4 N–H and O–H groups in total. The van der Waals surface area contributed by atoms with Gasteiger partial charge in [-0.2, -0.15) is 0 Å². The van der Waals surface area contributed by atoms with Crippen LogP contribution in [0.3, 0.4) is 0 Å². The summed E-state index contributed by atoms with van der Waals surface area (Å²) in [5.74, 6) is 0.0267. The second-order valence-electron chi connectivity index (χ2n) is 10.0. The van der Waals surface area contributed by atoms with Gasteiger partial charge in [-0.05, 0) is 50.1 Å². The number of benzene rings is 1. The zero-order chi connectivity index (χ0) is 28.4. The van der Waals surface area contributed by atoms with Gasteiger partial charge < -0.3 is 30.6 Å². The number of aromatic nitrogens is 3. The fourth-order valence-corrected chi connectivity index (χ4v) is 5.27. The van der Waals surface area contributed by atoms with Crippen LogP contribution in [0.25, 0.3) is 11.3 Å². The number of nitrogens with zero attached hydrogens (tertiary/aromatic N) is 3. The van der Waals surface area contributed by atoms with Crippen molar-refractivity contribution in [1.29, 1.82) is 0 Å². The third kappa shape index (κ3) is 5.60. The molecule has 0 spiro atoms. The highest BCUT2D eigenvalue weighted by Gasteiger charge is 2.35. The number of aromatic amines is 1. The Labute approximate surface area is 236 Å². The van der Waals surface area contributed by atoms with E-state index in [1.807, 2.05) is 25.1 Å². The Bertz CT molecular complexity index is 1450. The van der Waals surface area contributed by atoms with E-state index in [4.69, 9.17) is 16.3 Å². The summed E-state index contributed by atoms with van der Waals surface area (Å²) in [6.45, 7) is 6.05. The summed E-state index contributed by atoms with van der Waals surface area (Å²) in [6, 6.07) is 5.62. The molecule has 10 nitrogen and oxygen atoms in total. The molecular formula is C28H31ClFN7O3. The number of hydrogen-bond acceptors (Lipinski definition) is 6. The van der Waals surface area contributed by atoms with Crippen LogP contribution in [0.1, 0.15) is 56.2 Å². The van der Waals surface area contributed by atoms with Gasteiger partial charge in [0.15, 0.2) is 11.7 Å². The molecule has 3 atom stereocenters. The van der Waals surface area contributed by atoms with Crippen molar-refractivity contribution in [1.82, 2.24) is 25.2 Å². The maximum absolute atomic E-state index is 14.6. The van der Waals surface area contributed by atoms with E-state index >= 15 is 0 Å². The third-order valence-corrected chi connectivity index (χ3v) is 7.66. The number of hydrogen-bond donors (Lipinski definition) is 4. The number of ether oxygens (including phenoxy) is 1. The first-order valence-corrected chi connectivity index (χ1v) is 13.5. The van der Waals surface area contributed by atoms with Crippen molar-refractivity contribution in [3.05, 3.63) is 71.5 Å². The first-order valence-electron chi connectivity index (χ1n) is 13.1. The average molecular weight is 568 g/mol. The van der Waals surface area contributed by atoms with Crippen LogP contribution in [0.4, 0.5) is 20.6 Å². The third-order valence-electron chi connectivity index (χ3n) is 7.36. The molecule has 1 saturated heterocycles. The quantitative estimate of drug-likeness (QED) is 0.291. The van der Waals surface area contributed by atoms with Crippen LogP contribution in [-0.2, 0) is 9.53 Å². The maximum atomic E-state index is 14.6. The van der Waals surface area contributed by atoms with Gasteiger partial charge in [0, 0.05) is 29.9 Å². The van der Waals surface area contributed by atoms with Crippen LogP contribution < -0.4 is 16.0 Å². The SMILES string of the molecule is C=C(Nc1ccc2c(c1)NC(=O)[C@H](C)CCC[C@H](N1CC[C@@H](c3nccc(Cl)c3F)NC1=O)c1ncc-2[nH]1)OC. The lowest BCUT2D eigenvalue weighted by Crippen LogP contribution is -2.50. The number of H-pyrrole nitrogens is 1. The number of methoxy groups -OCH3 is 1. The molecule has 12 heteroatoms. The number of amides is 3. The van der Waals surface area contributed by atoms with Gasteiger partial charge >= 0.3 is 6.03 Å². The number of anilines is 2. The van der Waals surface area contributed by atoms with Crippen LogP contribution in [0, 0.1) is 11.7 Å². The Hall–Kier alpha value is -4.12. The predicted octanol–water partition coefficient (Wildman–Crippen LogP) is 5.75. The van der Waals surface area contributed by atoms with E-state index in [-0.39, 0.29) is 34.6 Å². The number of fused-ring (bicyclic) bond motifs is 4. The molecule has 2 aromatic heterocycles. The van der Waals surface area contributed by atoms with E-state index in [9.17, 15) is 14.0 Å². The highest BCUT2D eigenvalue weighted by molar-refractivity contribution is 6.30. The lowest BCUT2D eigenvalue weighted by atomic mass is 9.97.